The fourth-order valence-corrected chi connectivity index (χ4v) is 4.20. The van der Waals surface area contributed by atoms with Crippen LogP contribution in [0.25, 0.3) is 32.4 Å². The molecule has 3 aromatic rings. The molecule has 1 unspecified atom stereocenters. The molecule has 0 radical (unpaired) electrons. The first-order valence-electron chi connectivity index (χ1n) is 8.38. The third kappa shape index (κ3) is 3.65. The summed E-state index contributed by atoms with van der Waals surface area (Å²) in [6, 6.07) is 8.30. The van der Waals surface area contributed by atoms with Crippen LogP contribution in [-0.4, -0.2) is 27.5 Å². The van der Waals surface area contributed by atoms with Crippen molar-refractivity contribution in [2.24, 2.45) is 11.0 Å². The zero-order chi connectivity index (χ0) is 20.5. The van der Waals surface area contributed by atoms with Crippen LogP contribution < -0.4 is 4.72 Å². The number of furan rings is 1. The molecule has 0 fully saturated rings. The Hall–Kier alpha value is -3.07. The van der Waals surface area contributed by atoms with Gasteiger partial charge in [0, 0.05) is 21.4 Å². The van der Waals surface area contributed by atoms with Gasteiger partial charge in [-0.3, -0.25) is 4.79 Å². The fourth-order valence-electron chi connectivity index (χ4n) is 2.84. The summed E-state index contributed by atoms with van der Waals surface area (Å²) in [7, 11) is -2.76. The van der Waals surface area contributed by atoms with Gasteiger partial charge in [0.2, 0.25) is 10.0 Å². The predicted octanol–water partition coefficient (Wildman–Crippen LogP) is 4.00. The Morgan fingerprint density at radius 2 is 1.93 bits per heavy atom. The number of benzene rings is 2. The average Bonchev–Trinajstić information content (AvgIpc) is 3.02. The van der Waals surface area contributed by atoms with E-state index in [1.807, 2.05) is 0 Å². The molecule has 1 N–H and O–H groups in total. The smallest absolute Gasteiger partial charge is 0.324 e. The second kappa shape index (κ2) is 7.51. The van der Waals surface area contributed by atoms with E-state index in [2.05, 4.69) is 19.5 Å². The first-order chi connectivity index (χ1) is 13.3. The monoisotopic (exact) mass is 402 g/mol. The van der Waals surface area contributed by atoms with Crippen LogP contribution in [0.5, 0.6) is 0 Å². The predicted molar refractivity (Wildman–Crippen MR) is 103 cm³/mol. The van der Waals surface area contributed by atoms with Crippen LogP contribution in [0.4, 0.5) is 5.69 Å². The molecule has 0 spiro atoms. The first-order valence-corrected chi connectivity index (χ1v) is 9.86. The van der Waals surface area contributed by atoms with Crippen molar-refractivity contribution in [2.75, 3.05) is 7.11 Å². The van der Waals surface area contributed by atoms with Crippen LogP contribution in [0.2, 0.25) is 0 Å². The van der Waals surface area contributed by atoms with E-state index in [1.165, 1.54) is 19.2 Å². The lowest BCUT2D eigenvalue weighted by Gasteiger charge is -2.19. The lowest BCUT2D eigenvalue weighted by molar-refractivity contribution is -0.143. The van der Waals surface area contributed by atoms with E-state index in [1.54, 1.807) is 38.1 Å². The standard InChI is InChI=1S/C18H18N4O5S/c1-10(2)17(18(23)26-3)21-28(24,25)12-5-7-15-14(9-12)13-6-4-11(20-22-19)8-16(13)27-15/h4-10,17,21H,1-3H3. The lowest BCUT2D eigenvalue weighted by atomic mass is 10.1. The van der Waals surface area contributed by atoms with Crippen molar-refractivity contribution < 1.29 is 22.4 Å². The van der Waals surface area contributed by atoms with Gasteiger partial charge in [0.25, 0.3) is 0 Å². The van der Waals surface area contributed by atoms with Gasteiger partial charge in [-0.25, -0.2) is 8.42 Å². The van der Waals surface area contributed by atoms with Crippen molar-refractivity contribution in [1.82, 2.24) is 4.72 Å². The van der Waals surface area contributed by atoms with Crippen LogP contribution in [0.3, 0.4) is 0 Å². The largest absolute Gasteiger partial charge is 0.468 e. The van der Waals surface area contributed by atoms with Gasteiger partial charge in [-0.2, -0.15) is 4.72 Å². The van der Waals surface area contributed by atoms with Gasteiger partial charge >= 0.3 is 5.97 Å². The van der Waals surface area contributed by atoms with Gasteiger partial charge in [-0.1, -0.05) is 31.1 Å². The van der Waals surface area contributed by atoms with Gasteiger partial charge < -0.3 is 9.15 Å². The lowest BCUT2D eigenvalue weighted by Crippen LogP contribution is -2.44. The summed E-state index contributed by atoms with van der Waals surface area (Å²) >= 11 is 0. The number of hydrogen-bond donors (Lipinski definition) is 1. The average molecular weight is 402 g/mol. The SMILES string of the molecule is COC(=O)C(NS(=O)(=O)c1ccc2oc3cc(N=[N+]=[N-])ccc3c2c1)C(C)C. The second-order valence-electron chi connectivity index (χ2n) is 6.50. The van der Waals surface area contributed by atoms with Gasteiger partial charge in [0.1, 0.15) is 17.2 Å². The highest BCUT2D eigenvalue weighted by molar-refractivity contribution is 7.89. The highest BCUT2D eigenvalue weighted by Crippen LogP contribution is 2.33. The van der Waals surface area contributed by atoms with Gasteiger partial charge in [-0.15, -0.1) is 0 Å². The number of ether oxygens (including phenoxy) is 1. The number of nitrogens with zero attached hydrogens (tertiary/aromatic N) is 3. The molecule has 10 heteroatoms. The van der Waals surface area contributed by atoms with Crippen LogP contribution >= 0.6 is 0 Å². The number of sulfonamides is 1. The molecule has 0 bridgehead atoms. The summed E-state index contributed by atoms with van der Waals surface area (Å²) in [5.41, 5.74) is 9.89. The van der Waals surface area contributed by atoms with Gasteiger partial charge in [-0.05, 0) is 35.7 Å². The van der Waals surface area contributed by atoms with Crippen molar-refractivity contribution in [3.8, 4) is 0 Å². The highest BCUT2D eigenvalue weighted by Gasteiger charge is 2.29. The Morgan fingerprint density at radius 1 is 1.18 bits per heavy atom. The zero-order valence-electron chi connectivity index (χ0n) is 15.4. The minimum atomic E-state index is -3.97. The fraction of sp³-hybridized carbons (Fsp3) is 0.278. The molecule has 0 saturated carbocycles. The molecule has 1 atom stereocenters. The first kappa shape index (κ1) is 19.7. The number of fused-ring (bicyclic) bond motifs is 3. The van der Waals surface area contributed by atoms with Crippen molar-refractivity contribution in [2.45, 2.75) is 24.8 Å². The third-order valence-corrected chi connectivity index (χ3v) is 5.74. The number of hydrogen-bond acceptors (Lipinski definition) is 6. The summed E-state index contributed by atoms with van der Waals surface area (Å²) in [5, 5.41) is 4.79. The zero-order valence-corrected chi connectivity index (χ0v) is 16.2. The molecular formula is C18H18N4O5S. The van der Waals surface area contributed by atoms with E-state index in [0.717, 1.165) is 0 Å². The topological polar surface area (TPSA) is 134 Å². The molecule has 28 heavy (non-hydrogen) atoms. The summed E-state index contributed by atoms with van der Waals surface area (Å²) in [5.74, 6) is -0.946. The molecule has 3 rings (SSSR count). The molecule has 0 saturated heterocycles. The van der Waals surface area contributed by atoms with E-state index in [0.29, 0.717) is 27.6 Å². The summed E-state index contributed by atoms with van der Waals surface area (Å²) < 4.78 is 38.4. The quantitative estimate of drug-likeness (QED) is 0.288. The van der Waals surface area contributed by atoms with Gasteiger partial charge in [0.05, 0.1) is 12.0 Å². The molecule has 0 aliphatic heterocycles. The minimum Gasteiger partial charge on any atom is -0.468 e. The Labute approximate surface area is 160 Å². The Bertz CT molecular complexity index is 1210. The molecule has 0 aliphatic carbocycles. The third-order valence-electron chi connectivity index (χ3n) is 4.30. The number of methoxy groups -OCH3 is 1. The minimum absolute atomic E-state index is 0.00336. The Balaban J connectivity index is 2.06. The van der Waals surface area contributed by atoms with Crippen molar-refractivity contribution in [3.05, 3.63) is 46.8 Å². The number of rotatable bonds is 6. The van der Waals surface area contributed by atoms with Crippen molar-refractivity contribution >= 4 is 43.6 Å². The molecular weight excluding hydrogens is 384 g/mol. The van der Waals surface area contributed by atoms with Crippen LogP contribution in [-0.2, 0) is 19.6 Å². The van der Waals surface area contributed by atoms with Crippen LogP contribution in [0, 0.1) is 5.92 Å². The number of carbonyl (C=O) groups is 1. The normalized spacial score (nSPS) is 12.9. The van der Waals surface area contributed by atoms with E-state index in [4.69, 9.17) is 9.95 Å². The molecule has 2 aromatic carbocycles. The summed E-state index contributed by atoms with van der Waals surface area (Å²) in [6.07, 6.45) is 0. The highest BCUT2D eigenvalue weighted by atomic mass is 32.2. The number of nitrogens with one attached hydrogen (secondary N) is 1. The second-order valence-corrected chi connectivity index (χ2v) is 8.21. The van der Waals surface area contributed by atoms with Gasteiger partial charge in [0.15, 0.2) is 0 Å². The maximum atomic E-state index is 12.8. The van der Waals surface area contributed by atoms with E-state index in [-0.39, 0.29) is 10.8 Å². The van der Waals surface area contributed by atoms with Crippen molar-refractivity contribution in [1.29, 1.82) is 0 Å². The Kier molecular flexibility index (Phi) is 5.28. The van der Waals surface area contributed by atoms with Crippen LogP contribution in [0.1, 0.15) is 13.8 Å². The van der Waals surface area contributed by atoms with Crippen molar-refractivity contribution in [3.63, 3.8) is 0 Å². The maximum Gasteiger partial charge on any atom is 0.324 e. The van der Waals surface area contributed by atoms with E-state index >= 15 is 0 Å². The number of azide groups is 1. The van der Waals surface area contributed by atoms with Crippen LogP contribution in [0.15, 0.2) is 50.8 Å². The molecule has 0 aliphatic rings. The van der Waals surface area contributed by atoms with E-state index in [9.17, 15) is 13.2 Å². The summed E-state index contributed by atoms with van der Waals surface area (Å²) in [4.78, 5) is 14.6. The summed E-state index contributed by atoms with van der Waals surface area (Å²) in [6.45, 7) is 3.44. The number of carbonyl (C=O) groups excluding carboxylic acids is 1. The molecule has 1 aromatic heterocycles. The van der Waals surface area contributed by atoms with E-state index < -0.39 is 22.0 Å². The molecule has 9 nitrogen and oxygen atoms in total. The Morgan fingerprint density at radius 3 is 2.57 bits per heavy atom. The number of esters is 1. The maximum absolute atomic E-state index is 12.8. The molecule has 146 valence electrons. The molecule has 0 amide bonds. The molecule has 1 heterocycles.